The largest absolute Gasteiger partial charge is 0.378 e. The zero-order valence-electron chi connectivity index (χ0n) is 10.9. The Morgan fingerprint density at radius 2 is 2.00 bits per heavy atom. The van der Waals surface area contributed by atoms with E-state index < -0.39 is 0 Å². The number of ether oxygens (including phenoxy) is 1. The summed E-state index contributed by atoms with van der Waals surface area (Å²) in [5, 5.41) is 3.75. The first-order chi connectivity index (χ1) is 7.81. The Hall–Kier alpha value is -0.0800. The monoisotopic (exact) mass is 225 g/mol. The van der Waals surface area contributed by atoms with E-state index in [-0.39, 0.29) is 0 Å². The third-order valence-electron chi connectivity index (χ3n) is 4.56. The lowest BCUT2D eigenvalue weighted by atomic mass is 9.96. The summed E-state index contributed by atoms with van der Waals surface area (Å²) < 4.78 is 5.73. The summed E-state index contributed by atoms with van der Waals surface area (Å²) >= 11 is 0. The molecule has 2 nitrogen and oxygen atoms in total. The van der Waals surface area contributed by atoms with Crippen LogP contribution in [0.15, 0.2) is 0 Å². The quantitative estimate of drug-likeness (QED) is 0.776. The zero-order valence-corrected chi connectivity index (χ0v) is 10.9. The van der Waals surface area contributed by atoms with Crippen LogP contribution in [0.2, 0.25) is 0 Å². The molecule has 1 saturated heterocycles. The van der Waals surface area contributed by atoms with Crippen LogP contribution in [0.4, 0.5) is 0 Å². The Labute approximate surface area is 100 Å². The molecule has 2 heteroatoms. The molecule has 0 amide bonds. The van der Waals surface area contributed by atoms with Gasteiger partial charge in [0.2, 0.25) is 0 Å². The average molecular weight is 225 g/mol. The normalized spacial score (nSPS) is 33.4. The van der Waals surface area contributed by atoms with Crippen molar-refractivity contribution in [1.29, 1.82) is 0 Å². The van der Waals surface area contributed by atoms with E-state index in [9.17, 15) is 0 Å². The summed E-state index contributed by atoms with van der Waals surface area (Å²) in [5.41, 5.74) is 0. The maximum atomic E-state index is 5.73. The van der Waals surface area contributed by atoms with Crippen LogP contribution in [-0.4, -0.2) is 25.3 Å². The van der Waals surface area contributed by atoms with E-state index in [1.165, 1.54) is 38.5 Å². The predicted molar refractivity (Wildman–Crippen MR) is 67.6 cm³/mol. The molecule has 0 bridgehead atoms. The van der Waals surface area contributed by atoms with Crippen LogP contribution in [0, 0.1) is 11.8 Å². The van der Waals surface area contributed by atoms with Gasteiger partial charge in [0.25, 0.3) is 0 Å². The summed E-state index contributed by atoms with van der Waals surface area (Å²) in [5.74, 6) is 1.69. The lowest BCUT2D eigenvalue weighted by molar-refractivity contribution is 0.0862. The van der Waals surface area contributed by atoms with Gasteiger partial charge in [0.15, 0.2) is 0 Å². The van der Waals surface area contributed by atoms with Gasteiger partial charge in [0.1, 0.15) is 0 Å². The maximum absolute atomic E-state index is 5.73. The van der Waals surface area contributed by atoms with Gasteiger partial charge in [-0.2, -0.15) is 0 Å². The number of rotatable bonds is 5. The molecule has 1 aliphatic carbocycles. The van der Waals surface area contributed by atoms with Crippen LogP contribution in [0.5, 0.6) is 0 Å². The highest BCUT2D eigenvalue weighted by Crippen LogP contribution is 2.28. The average Bonchev–Trinajstić information content (AvgIpc) is 2.96. The highest BCUT2D eigenvalue weighted by molar-refractivity contribution is 4.81. The molecule has 16 heavy (non-hydrogen) atoms. The highest BCUT2D eigenvalue weighted by atomic mass is 16.5. The molecule has 1 N–H and O–H groups in total. The Morgan fingerprint density at radius 3 is 2.69 bits per heavy atom. The lowest BCUT2D eigenvalue weighted by Gasteiger charge is -2.24. The maximum Gasteiger partial charge on any atom is 0.0613 e. The molecule has 2 rings (SSSR count). The van der Waals surface area contributed by atoms with E-state index in [4.69, 9.17) is 4.74 Å². The molecule has 1 heterocycles. The van der Waals surface area contributed by atoms with Crippen LogP contribution in [0.3, 0.4) is 0 Å². The second-order valence-electron chi connectivity index (χ2n) is 5.61. The van der Waals surface area contributed by atoms with Gasteiger partial charge in [-0.1, -0.05) is 19.8 Å². The van der Waals surface area contributed by atoms with Gasteiger partial charge in [0, 0.05) is 19.2 Å². The molecule has 0 aromatic heterocycles. The van der Waals surface area contributed by atoms with Gasteiger partial charge in [-0.05, 0) is 44.4 Å². The summed E-state index contributed by atoms with van der Waals surface area (Å²) in [6.07, 6.45) is 8.71. The van der Waals surface area contributed by atoms with E-state index >= 15 is 0 Å². The second kappa shape index (κ2) is 6.02. The van der Waals surface area contributed by atoms with Crippen molar-refractivity contribution in [1.82, 2.24) is 5.32 Å². The van der Waals surface area contributed by atoms with Crippen LogP contribution < -0.4 is 5.32 Å². The standard InChI is InChI=1S/C14H27NO/c1-3-14-13(8-9-16-14)10-15-11(2)12-6-4-5-7-12/h11-15H,3-10H2,1-2H3. The van der Waals surface area contributed by atoms with Gasteiger partial charge in [0.05, 0.1) is 6.10 Å². The Bertz CT molecular complexity index is 201. The Morgan fingerprint density at radius 1 is 1.25 bits per heavy atom. The molecular formula is C14H27NO. The first kappa shape index (κ1) is 12.4. The van der Waals surface area contributed by atoms with Crippen molar-refractivity contribution in [3.05, 3.63) is 0 Å². The molecule has 3 atom stereocenters. The summed E-state index contributed by atoms with van der Waals surface area (Å²) in [4.78, 5) is 0. The minimum absolute atomic E-state index is 0.517. The fraction of sp³-hybridized carbons (Fsp3) is 1.00. The van der Waals surface area contributed by atoms with Crippen molar-refractivity contribution >= 4 is 0 Å². The van der Waals surface area contributed by atoms with Crippen molar-refractivity contribution < 1.29 is 4.74 Å². The number of nitrogens with one attached hydrogen (secondary N) is 1. The molecule has 2 aliphatic rings. The molecule has 1 saturated carbocycles. The molecule has 0 radical (unpaired) electrons. The zero-order chi connectivity index (χ0) is 11.4. The van der Waals surface area contributed by atoms with Crippen LogP contribution in [-0.2, 0) is 4.74 Å². The molecular weight excluding hydrogens is 198 g/mol. The van der Waals surface area contributed by atoms with E-state index in [1.807, 2.05) is 0 Å². The fourth-order valence-corrected chi connectivity index (χ4v) is 3.34. The smallest absolute Gasteiger partial charge is 0.0613 e. The van der Waals surface area contributed by atoms with Gasteiger partial charge in [-0.3, -0.25) is 0 Å². The molecule has 94 valence electrons. The van der Waals surface area contributed by atoms with Gasteiger partial charge < -0.3 is 10.1 Å². The first-order valence-electron chi connectivity index (χ1n) is 7.16. The van der Waals surface area contributed by atoms with Gasteiger partial charge in [-0.25, -0.2) is 0 Å². The van der Waals surface area contributed by atoms with Crippen molar-refractivity contribution in [2.75, 3.05) is 13.2 Å². The summed E-state index contributed by atoms with van der Waals surface area (Å²) in [7, 11) is 0. The van der Waals surface area contributed by atoms with E-state index in [0.717, 1.165) is 25.0 Å². The predicted octanol–water partition coefficient (Wildman–Crippen LogP) is 2.97. The topological polar surface area (TPSA) is 21.3 Å². The third kappa shape index (κ3) is 2.98. The highest BCUT2D eigenvalue weighted by Gasteiger charge is 2.28. The fourth-order valence-electron chi connectivity index (χ4n) is 3.34. The molecule has 0 aromatic carbocycles. The van der Waals surface area contributed by atoms with Crippen LogP contribution in [0.25, 0.3) is 0 Å². The van der Waals surface area contributed by atoms with Crippen molar-refractivity contribution in [2.45, 2.75) is 64.5 Å². The van der Waals surface area contributed by atoms with Crippen molar-refractivity contribution in [3.63, 3.8) is 0 Å². The molecule has 3 unspecified atom stereocenters. The lowest BCUT2D eigenvalue weighted by Crippen LogP contribution is -2.37. The van der Waals surface area contributed by atoms with Gasteiger partial charge >= 0.3 is 0 Å². The first-order valence-corrected chi connectivity index (χ1v) is 7.16. The number of hydrogen-bond acceptors (Lipinski definition) is 2. The SMILES string of the molecule is CCC1OCCC1CNC(C)C1CCCC1. The Kier molecular flexibility index (Phi) is 4.66. The molecule has 2 fully saturated rings. The second-order valence-corrected chi connectivity index (χ2v) is 5.61. The van der Waals surface area contributed by atoms with Crippen molar-refractivity contribution in [2.24, 2.45) is 11.8 Å². The number of hydrogen-bond donors (Lipinski definition) is 1. The van der Waals surface area contributed by atoms with Gasteiger partial charge in [-0.15, -0.1) is 0 Å². The van der Waals surface area contributed by atoms with E-state index in [0.29, 0.717) is 12.1 Å². The summed E-state index contributed by atoms with van der Waals surface area (Å²) in [6.45, 7) is 6.75. The minimum Gasteiger partial charge on any atom is -0.378 e. The summed E-state index contributed by atoms with van der Waals surface area (Å²) in [6, 6.07) is 0.709. The molecule has 1 aliphatic heterocycles. The minimum atomic E-state index is 0.517. The van der Waals surface area contributed by atoms with Crippen LogP contribution in [0.1, 0.15) is 52.4 Å². The third-order valence-corrected chi connectivity index (χ3v) is 4.56. The van der Waals surface area contributed by atoms with E-state index in [1.54, 1.807) is 0 Å². The molecule has 0 spiro atoms. The van der Waals surface area contributed by atoms with Crippen molar-refractivity contribution in [3.8, 4) is 0 Å². The van der Waals surface area contributed by atoms with Crippen LogP contribution >= 0.6 is 0 Å². The van der Waals surface area contributed by atoms with E-state index in [2.05, 4.69) is 19.2 Å². The Balaban J connectivity index is 1.69. The molecule has 0 aromatic rings.